The van der Waals surface area contributed by atoms with Crippen molar-refractivity contribution in [3.63, 3.8) is 0 Å². The molecule has 0 aliphatic heterocycles. The van der Waals surface area contributed by atoms with E-state index < -0.39 is 21.3 Å². The molecule has 8 heteroatoms. The van der Waals surface area contributed by atoms with E-state index in [9.17, 15) is 23.1 Å². The van der Waals surface area contributed by atoms with Gasteiger partial charge in [-0.1, -0.05) is 37.6 Å². The van der Waals surface area contributed by atoms with Crippen molar-refractivity contribution >= 4 is 21.8 Å². The number of carbonyl (C=O) groups excluding carboxylic acids is 2. The van der Waals surface area contributed by atoms with E-state index in [1.54, 1.807) is 13.8 Å². The summed E-state index contributed by atoms with van der Waals surface area (Å²) in [6, 6.07) is 0. The van der Waals surface area contributed by atoms with Crippen LogP contribution in [0.4, 0.5) is 0 Å². The zero-order chi connectivity index (χ0) is 22.2. The number of Topliss-reactive ketones (excluding diaryl/α,β-unsaturated/α-hetero) is 1. The van der Waals surface area contributed by atoms with Crippen molar-refractivity contribution < 1.29 is 27.7 Å². The average Bonchev–Trinajstić information content (AvgIpc) is 2.63. The fraction of sp³-hybridized carbons (Fsp3) is 0.619. The van der Waals surface area contributed by atoms with Gasteiger partial charge in [0.05, 0.1) is 12.4 Å². The smallest absolute Gasteiger partial charge is 0.266 e. The zero-order valence-electron chi connectivity index (χ0n) is 17.7. The number of nitrogens with one attached hydrogen (secondary N) is 1. The highest BCUT2D eigenvalue weighted by molar-refractivity contribution is 7.85. The van der Waals surface area contributed by atoms with E-state index in [0.29, 0.717) is 31.3 Å². The molecular weight excluding hydrogens is 394 g/mol. The molecule has 1 aliphatic carbocycles. The lowest BCUT2D eigenvalue weighted by molar-refractivity contribution is -0.124. The third-order valence-electron chi connectivity index (χ3n) is 5.41. The third kappa shape index (κ3) is 8.24. The number of hydrogen-bond donors (Lipinski definition) is 3. The molecule has 0 spiro atoms. The Morgan fingerprint density at radius 1 is 1.38 bits per heavy atom. The molecule has 3 N–H and O–H groups in total. The second-order valence-electron chi connectivity index (χ2n) is 8.02. The second kappa shape index (κ2) is 10.8. The minimum atomic E-state index is -4.08. The Bertz CT molecular complexity index is 809. The van der Waals surface area contributed by atoms with Crippen molar-refractivity contribution in [1.29, 1.82) is 0 Å². The van der Waals surface area contributed by atoms with E-state index in [4.69, 9.17) is 4.55 Å². The molecule has 0 bridgehead atoms. The molecule has 2 atom stereocenters. The molecule has 1 rings (SSSR count). The first-order valence-electron chi connectivity index (χ1n) is 9.83. The quantitative estimate of drug-likeness (QED) is 0.364. The maximum Gasteiger partial charge on any atom is 0.266 e. The van der Waals surface area contributed by atoms with Gasteiger partial charge >= 0.3 is 0 Å². The number of aliphatic hydroxyl groups is 1. The van der Waals surface area contributed by atoms with Gasteiger partial charge in [-0.3, -0.25) is 14.1 Å². The predicted octanol–water partition coefficient (Wildman–Crippen LogP) is 2.59. The zero-order valence-corrected chi connectivity index (χ0v) is 18.5. The minimum Gasteiger partial charge on any atom is -0.395 e. The fourth-order valence-corrected chi connectivity index (χ4v) is 3.62. The van der Waals surface area contributed by atoms with Crippen LogP contribution < -0.4 is 5.32 Å². The average molecular weight is 428 g/mol. The van der Waals surface area contributed by atoms with Gasteiger partial charge in [0.25, 0.3) is 10.1 Å². The number of allylic oxidation sites excluding steroid dienone is 5. The summed E-state index contributed by atoms with van der Waals surface area (Å²) in [6.45, 7) is 7.33. The molecule has 0 aromatic carbocycles. The fourth-order valence-electron chi connectivity index (χ4n) is 3.26. The highest BCUT2D eigenvalue weighted by Gasteiger charge is 2.34. The van der Waals surface area contributed by atoms with Gasteiger partial charge in [-0.05, 0) is 44.3 Å². The van der Waals surface area contributed by atoms with E-state index in [-0.39, 0.29) is 30.8 Å². The molecule has 1 aliphatic rings. The van der Waals surface area contributed by atoms with Crippen LogP contribution in [0.25, 0.3) is 0 Å². The summed E-state index contributed by atoms with van der Waals surface area (Å²) in [6.07, 6.45) is 8.16. The van der Waals surface area contributed by atoms with Crippen LogP contribution >= 0.6 is 0 Å². The summed E-state index contributed by atoms with van der Waals surface area (Å²) < 4.78 is 30.0. The van der Waals surface area contributed by atoms with Crippen molar-refractivity contribution in [3.8, 4) is 0 Å². The van der Waals surface area contributed by atoms with Gasteiger partial charge in [0.2, 0.25) is 5.91 Å². The first-order chi connectivity index (χ1) is 13.4. The molecule has 0 fully saturated rings. The highest BCUT2D eigenvalue weighted by Crippen LogP contribution is 2.39. The molecule has 0 heterocycles. The Hall–Kier alpha value is -1.77. The van der Waals surface area contributed by atoms with Crippen molar-refractivity contribution in [3.05, 3.63) is 34.9 Å². The van der Waals surface area contributed by atoms with Gasteiger partial charge in [0.1, 0.15) is 0 Å². The summed E-state index contributed by atoms with van der Waals surface area (Å²) >= 11 is 0. The highest BCUT2D eigenvalue weighted by atomic mass is 32.2. The molecule has 0 radical (unpaired) electrons. The predicted molar refractivity (Wildman–Crippen MR) is 113 cm³/mol. The lowest BCUT2D eigenvalue weighted by Gasteiger charge is -2.34. The number of hydrogen-bond acceptors (Lipinski definition) is 5. The van der Waals surface area contributed by atoms with E-state index in [0.717, 1.165) is 11.1 Å². The molecular formula is C21H33NO6S. The van der Waals surface area contributed by atoms with E-state index >= 15 is 0 Å². The monoisotopic (exact) mass is 427 g/mol. The van der Waals surface area contributed by atoms with Crippen molar-refractivity contribution in [2.75, 3.05) is 18.9 Å². The van der Waals surface area contributed by atoms with Crippen LogP contribution in [0.1, 0.15) is 53.4 Å². The van der Waals surface area contributed by atoms with Crippen LogP contribution in [0, 0.1) is 11.3 Å². The molecule has 2 unspecified atom stereocenters. The van der Waals surface area contributed by atoms with Crippen molar-refractivity contribution in [2.45, 2.75) is 53.4 Å². The Labute approximate surface area is 173 Å². The molecule has 29 heavy (non-hydrogen) atoms. The van der Waals surface area contributed by atoms with Gasteiger partial charge < -0.3 is 10.4 Å². The number of aliphatic hydroxyl groups excluding tert-OH is 1. The van der Waals surface area contributed by atoms with Gasteiger partial charge in [-0.15, -0.1) is 0 Å². The minimum absolute atomic E-state index is 0.00966. The Balaban J connectivity index is 2.62. The molecule has 0 saturated heterocycles. The maximum atomic E-state index is 12.0. The normalized spacial score (nSPS) is 22.3. The van der Waals surface area contributed by atoms with E-state index in [1.807, 2.05) is 32.1 Å². The van der Waals surface area contributed by atoms with Crippen LogP contribution in [-0.2, 0) is 19.7 Å². The molecule has 1 amide bonds. The van der Waals surface area contributed by atoms with Crippen LogP contribution in [0.5, 0.6) is 0 Å². The van der Waals surface area contributed by atoms with Gasteiger partial charge in [-0.2, -0.15) is 8.42 Å². The van der Waals surface area contributed by atoms with E-state index in [2.05, 4.69) is 5.32 Å². The Morgan fingerprint density at radius 3 is 2.62 bits per heavy atom. The standard InChI is InChI=1S/C21H33NO6S/c1-15(6-5-7-16(2)20(25)22-12-13-29(26,27)28)8-9-18-17(3)19(24)10-11-21(18,4)14-23/h6,8-9,16,23H,5,7,10-14H2,1-4H3,(H,22,25)(H,26,27,28)/b9-8+,15-6-. The van der Waals surface area contributed by atoms with Crippen molar-refractivity contribution in [2.24, 2.45) is 11.3 Å². The molecule has 0 aromatic heterocycles. The first kappa shape index (κ1) is 25.3. The Kier molecular flexibility index (Phi) is 9.45. The van der Waals surface area contributed by atoms with Gasteiger partial charge in [0, 0.05) is 24.3 Å². The molecule has 7 nitrogen and oxygen atoms in total. The summed E-state index contributed by atoms with van der Waals surface area (Å²) in [7, 11) is -4.08. The number of carbonyl (C=O) groups is 2. The topological polar surface area (TPSA) is 121 Å². The summed E-state index contributed by atoms with van der Waals surface area (Å²) in [5.41, 5.74) is 2.15. The Morgan fingerprint density at radius 2 is 2.03 bits per heavy atom. The third-order valence-corrected chi connectivity index (χ3v) is 6.13. The summed E-state index contributed by atoms with van der Waals surface area (Å²) in [5, 5.41) is 12.3. The number of ketones is 1. The maximum absolute atomic E-state index is 12.0. The van der Waals surface area contributed by atoms with Crippen LogP contribution in [0.2, 0.25) is 0 Å². The SMILES string of the molecule is CC1=C(/C=C/C(C)=C\CCC(C)C(=O)NCCS(=O)(=O)O)C(C)(CO)CCC1=O. The van der Waals surface area contributed by atoms with Crippen LogP contribution in [0.3, 0.4) is 0 Å². The van der Waals surface area contributed by atoms with Gasteiger partial charge in [0.15, 0.2) is 5.78 Å². The lowest BCUT2D eigenvalue weighted by Crippen LogP contribution is -2.33. The molecule has 0 saturated carbocycles. The van der Waals surface area contributed by atoms with Crippen molar-refractivity contribution in [1.82, 2.24) is 5.32 Å². The summed E-state index contributed by atoms with van der Waals surface area (Å²) in [4.78, 5) is 23.9. The molecule has 0 aromatic rings. The summed E-state index contributed by atoms with van der Waals surface area (Å²) in [5.74, 6) is -0.927. The first-order valence-corrected chi connectivity index (χ1v) is 11.4. The lowest BCUT2D eigenvalue weighted by atomic mass is 9.71. The largest absolute Gasteiger partial charge is 0.395 e. The van der Waals surface area contributed by atoms with E-state index in [1.165, 1.54) is 0 Å². The molecule has 164 valence electrons. The second-order valence-corrected chi connectivity index (χ2v) is 9.59. The number of amides is 1. The number of rotatable bonds is 10. The van der Waals surface area contributed by atoms with Crippen LogP contribution in [-0.4, -0.2) is 48.7 Å². The van der Waals surface area contributed by atoms with Gasteiger partial charge in [-0.25, -0.2) is 0 Å². The van der Waals surface area contributed by atoms with Crippen LogP contribution in [0.15, 0.2) is 34.9 Å².